The SMILES string of the molecule is CCC1(C(=O)O)CCCN(C2C(C)CCCC2C)C1. The van der Waals surface area contributed by atoms with Crippen molar-refractivity contribution in [3.63, 3.8) is 0 Å². The van der Waals surface area contributed by atoms with Gasteiger partial charge in [-0.05, 0) is 50.5 Å². The Hall–Kier alpha value is -0.570. The molecule has 2 aliphatic rings. The third-order valence-corrected chi connectivity index (χ3v) is 5.64. The molecule has 1 heterocycles. The highest BCUT2D eigenvalue weighted by Crippen LogP contribution is 2.39. The van der Waals surface area contributed by atoms with Crippen LogP contribution in [0.15, 0.2) is 0 Å². The largest absolute Gasteiger partial charge is 0.481 e. The maximum atomic E-state index is 11.7. The minimum Gasteiger partial charge on any atom is -0.481 e. The zero-order chi connectivity index (χ0) is 14.0. The molecule has 1 aliphatic carbocycles. The summed E-state index contributed by atoms with van der Waals surface area (Å²) in [4.78, 5) is 14.2. The van der Waals surface area contributed by atoms with E-state index in [9.17, 15) is 9.90 Å². The Morgan fingerprint density at radius 2 is 1.89 bits per heavy atom. The van der Waals surface area contributed by atoms with E-state index in [4.69, 9.17) is 0 Å². The molecule has 1 saturated carbocycles. The maximum Gasteiger partial charge on any atom is 0.310 e. The van der Waals surface area contributed by atoms with Gasteiger partial charge in [-0.1, -0.05) is 27.2 Å². The van der Waals surface area contributed by atoms with Crippen LogP contribution < -0.4 is 0 Å². The summed E-state index contributed by atoms with van der Waals surface area (Å²) in [5.41, 5.74) is -0.491. The van der Waals surface area contributed by atoms with E-state index >= 15 is 0 Å². The zero-order valence-electron chi connectivity index (χ0n) is 12.7. The van der Waals surface area contributed by atoms with Crippen LogP contribution >= 0.6 is 0 Å². The lowest BCUT2D eigenvalue weighted by Gasteiger charge is -2.48. The van der Waals surface area contributed by atoms with Gasteiger partial charge < -0.3 is 5.11 Å². The maximum absolute atomic E-state index is 11.7. The average molecular weight is 267 g/mol. The number of hydrogen-bond donors (Lipinski definition) is 1. The van der Waals surface area contributed by atoms with Gasteiger partial charge in [-0.3, -0.25) is 9.69 Å². The van der Waals surface area contributed by atoms with Crippen LogP contribution in [0.4, 0.5) is 0 Å². The predicted octanol–water partition coefficient (Wildman–Crippen LogP) is 3.39. The highest BCUT2D eigenvalue weighted by Gasteiger charge is 2.44. The van der Waals surface area contributed by atoms with Crippen molar-refractivity contribution >= 4 is 5.97 Å². The Balaban J connectivity index is 2.13. The van der Waals surface area contributed by atoms with Crippen molar-refractivity contribution in [1.29, 1.82) is 0 Å². The zero-order valence-corrected chi connectivity index (χ0v) is 12.7. The molecule has 1 aliphatic heterocycles. The average Bonchev–Trinajstić information content (AvgIpc) is 2.38. The monoisotopic (exact) mass is 267 g/mol. The summed E-state index contributed by atoms with van der Waals surface area (Å²) in [6, 6.07) is 0.597. The molecule has 2 fully saturated rings. The highest BCUT2D eigenvalue weighted by atomic mass is 16.4. The van der Waals surface area contributed by atoms with E-state index in [1.165, 1.54) is 19.3 Å². The minimum absolute atomic E-state index is 0.491. The van der Waals surface area contributed by atoms with Crippen molar-refractivity contribution in [2.24, 2.45) is 17.3 Å². The summed E-state index contributed by atoms with van der Waals surface area (Å²) in [6.07, 6.45) is 6.59. The van der Waals surface area contributed by atoms with Crippen LogP contribution in [0.5, 0.6) is 0 Å². The number of hydrogen-bond acceptors (Lipinski definition) is 2. The van der Waals surface area contributed by atoms with Gasteiger partial charge in [0.25, 0.3) is 0 Å². The molecule has 19 heavy (non-hydrogen) atoms. The minimum atomic E-state index is -0.587. The first-order valence-corrected chi connectivity index (χ1v) is 7.97. The van der Waals surface area contributed by atoms with Gasteiger partial charge in [0.2, 0.25) is 0 Å². The Morgan fingerprint density at radius 3 is 2.42 bits per heavy atom. The van der Waals surface area contributed by atoms with E-state index in [0.717, 1.165) is 32.4 Å². The number of carboxylic acids is 1. The first-order valence-electron chi connectivity index (χ1n) is 7.97. The number of piperidine rings is 1. The van der Waals surface area contributed by atoms with Gasteiger partial charge in [-0.25, -0.2) is 0 Å². The molecule has 3 unspecified atom stereocenters. The van der Waals surface area contributed by atoms with Crippen LogP contribution in [0, 0.1) is 17.3 Å². The van der Waals surface area contributed by atoms with Gasteiger partial charge >= 0.3 is 5.97 Å². The molecule has 0 bridgehead atoms. The molecule has 1 N–H and O–H groups in total. The van der Waals surface area contributed by atoms with Crippen LogP contribution in [-0.4, -0.2) is 35.1 Å². The van der Waals surface area contributed by atoms with Gasteiger partial charge in [0.1, 0.15) is 0 Å². The van der Waals surface area contributed by atoms with E-state index < -0.39 is 11.4 Å². The molecule has 1 saturated heterocycles. The Kier molecular flexibility index (Phi) is 4.54. The first kappa shape index (κ1) is 14.8. The second-order valence-corrected chi connectivity index (χ2v) is 6.89. The smallest absolute Gasteiger partial charge is 0.310 e. The number of carboxylic acid groups (broad SMARTS) is 1. The molecule has 110 valence electrons. The Morgan fingerprint density at radius 1 is 1.26 bits per heavy atom. The molecule has 0 aromatic rings. The van der Waals surface area contributed by atoms with Gasteiger partial charge in [-0.15, -0.1) is 0 Å². The van der Waals surface area contributed by atoms with Crippen LogP contribution in [-0.2, 0) is 4.79 Å². The van der Waals surface area contributed by atoms with E-state index in [0.29, 0.717) is 17.9 Å². The van der Waals surface area contributed by atoms with Gasteiger partial charge in [0.05, 0.1) is 5.41 Å². The molecule has 0 aromatic heterocycles. The van der Waals surface area contributed by atoms with Crippen LogP contribution in [0.25, 0.3) is 0 Å². The number of nitrogens with zero attached hydrogens (tertiary/aromatic N) is 1. The van der Waals surface area contributed by atoms with Crippen molar-refractivity contribution in [1.82, 2.24) is 4.90 Å². The summed E-state index contributed by atoms with van der Waals surface area (Å²) in [6.45, 7) is 8.59. The van der Waals surface area contributed by atoms with Crippen molar-refractivity contribution < 1.29 is 9.90 Å². The fourth-order valence-corrected chi connectivity index (χ4v) is 4.42. The normalized spacial score (nSPS) is 41.1. The van der Waals surface area contributed by atoms with Gasteiger partial charge in [0, 0.05) is 12.6 Å². The molecular formula is C16H29NO2. The topological polar surface area (TPSA) is 40.5 Å². The standard InChI is InChI=1S/C16H29NO2/c1-4-16(15(18)19)9-6-10-17(11-16)14-12(2)7-5-8-13(14)3/h12-14H,4-11H2,1-3H3,(H,18,19). The van der Waals surface area contributed by atoms with Crippen LogP contribution in [0.3, 0.4) is 0 Å². The molecule has 3 heteroatoms. The lowest BCUT2D eigenvalue weighted by Crippen LogP contribution is -2.55. The first-order chi connectivity index (χ1) is 9.00. The van der Waals surface area contributed by atoms with Crippen molar-refractivity contribution in [3.05, 3.63) is 0 Å². The summed E-state index contributed by atoms with van der Waals surface area (Å²) >= 11 is 0. The quantitative estimate of drug-likeness (QED) is 0.852. The second-order valence-electron chi connectivity index (χ2n) is 6.89. The molecule has 3 atom stereocenters. The highest BCUT2D eigenvalue weighted by molar-refractivity contribution is 5.75. The summed E-state index contributed by atoms with van der Waals surface area (Å²) in [5.74, 6) is 0.839. The summed E-state index contributed by atoms with van der Waals surface area (Å²) in [7, 11) is 0. The molecule has 2 rings (SSSR count). The van der Waals surface area contributed by atoms with Crippen LogP contribution in [0.1, 0.15) is 59.3 Å². The summed E-state index contributed by atoms with van der Waals surface area (Å²) < 4.78 is 0. The Labute approximate surface area is 117 Å². The fraction of sp³-hybridized carbons (Fsp3) is 0.938. The lowest BCUT2D eigenvalue weighted by atomic mass is 9.73. The predicted molar refractivity (Wildman–Crippen MR) is 77.1 cm³/mol. The van der Waals surface area contributed by atoms with Crippen molar-refractivity contribution in [2.45, 2.75) is 65.3 Å². The Bertz CT molecular complexity index is 321. The van der Waals surface area contributed by atoms with Crippen molar-refractivity contribution in [3.8, 4) is 0 Å². The van der Waals surface area contributed by atoms with E-state index in [1.807, 2.05) is 6.92 Å². The van der Waals surface area contributed by atoms with E-state index in [2.05, 4.69) is 18.7 Å². The molecular weight excluding hydrogens is 238 g/mol. The van der Waals surface area contributed by atoms with E-state index in [1.54, 1.807) is 0 Å². The third kappa shape index (κ3) is 2.81. The van der Waals surface area contributed by atoms with Crippen LogP contribution in [0.2, 0.25) is 0 Å². The molecule has 0 spiro atoms. The molecule has 3 nitrogen and oxygen atoms in total. The summed E-state index contributed by atoms with van der Waals surface area (Å²) in [5, 5.41) is 9.61. The number of likely N-dealkylation sites (tertiary alicyclic amines) is 1. The third-order valence-electron chi connectivity index (χ3n) is 5.64. The molecule has 0 amide bonds. The fourth-order valence-electron chi connectivity index (χ4n) is 4.42. The number of aliphatic carboxylic acids is 1. The number of rotatable bonds is 3. The van der Waals surface area contributed by atoms with Gasteiger partial charge in [0.15, 0.2) is 0 Å². The molecule has 0 radical (unpaired) electrons. The lowest BCUT2D eigenvalue weighted by molar-refractivity contribution is -0.154. The second kappa shape index (κ2) is 5.82. The van der Waals surface area contributed by atoms with Gasteiger partial charge in [-0.2, -0.15) is 0 Å². The molecule has 0 aromatic carbocycles. The van der Waals surface area contributed by atoms with Crippen molar-refractivity contribution in [2.75, 3.05) is 13.1 Å². The number of carbonyl (C=O) groups is 1. The van der Waals surface area contributed by atoms with E-state index in [-0.39, 0.29) is 0 Å².